The number of benzene rings is 1. The van der Waals surface area contributed by atoms with Crippen LogP contribution in [-0.2, 0) is 0 Å². The van der Waals surface area contributed by atoms with E-state index in [1.54, 1.807) is 0 Å². The van der Waals surface area contributed by atoms with E-state index < -0.39 is 0 Å². The second kappa shape index (κ2) is 7.33. The van der Waals surface area contributed by atoms with Crippen molar-refractivity contribution in [1.82, 2.24) is 0 Å². The summed E-state index contributed by atoms with van der Waals surface area (Å²) >= 11 is 0. The van der Waals surface area contributed by atoms with E-state index in [4.69, 9.17) is 10.5 Å². The Morgan fingerprint density at radius 3 is 2.29 bits per heavy atom. The van der Waals surface area contributed by atoms with Gasteiger partial charge in [-0.2, -0.15) is 0 Å². The highest BCUT2D eigenvalue weighted by Gasteiger charge is 2.06. The van der Waals surface area contributed by atoms with E-state index in [1.807, 2.05) is 0 Å². The van der Waals surface area contributed by atoms with Gasteiger partial charge < -0.3 is 10.5 Å². The molecule has 2 unspecified atom stereocenters. The lowest BCUT2D eigenvalue weighted by Gasteiger charge is -2.14. The lowest BCUT2D eigenvalue weighted by Crippen LogP contribution is -2.15. The molecule has 96 valence electrons. The first-order valence-electron chi connectivity index (χ1n) is 6.61. The smallest absolute Gasteiger partial charge is 0.119 e. The van der Waals surface area contributed by atoms with Gasteiger partial charge in [-0.1, -0.05) is 26.0 Å². The van der Waals surface area contributed by atoms with Gasteiger partial charge in [0.25, 0.3) is 0 Å². The van der Waals surface area contributed by atoms with Crippen molar-refractivity contribution in [1.29, 1.82) is 0 Å². The van der Waals surface area contributed by atoms with Crippen molar-refractivity contribution in [2.24, 2.45) is 5.73 Å². The summed E-state index contributed by atoms with van der Waals surface area (Å²) in [6.45, 7) is 7.22. The fourth-order valence-corrected chi connectivity index (χ4v) is 1.79. The van der Waals surface area contributed by atoms with E-state index >= 15 is 0 Å². The summed E-state index contributed by atoms with van der Waals surface area (Å²) in [5, 5.41) is 0. The fourth-order valence-electron chi connectivity index (χ4n) is 1.79. The van der Waals surface area contributed by atoms with E-state index in [9.17, 15) is 0 Å². The molecule has 0 radical (unpaired) electrons. The molecule has 1 rings (SSSR count). The highest BCUT2D eigenvalue weighted by molar-refractivity contribution is 5.29. The van der Waals surface area contributed by atoms with E-state index in [0.29, 0.717) is 12.0 Å². The van der Waals surface area contributed by atoms with Crippen molar-refractivity contribution in [2.75, 3.05) is 6.61 Å². The van der Waals surface area contributed by atoms with Crippen LogP contribution in [0, 0.1) is 0 Å². The average Bonchev–Trinajstić information content (AvgIpc) is 2.34. The van der Waals surface area contributed by atoms with Gasteiger partial charge in [0.05, 0.1) is 6.61 Å². The van der Waals surface area contributed by atoms with Gasteiger partial charge in [0.2, 0.25) is 0 Å². The molecule has 0 aliphatic carbocycles. The van der Waals surface area contributed by atoms with Crippen molar-refractivity contribution in [3.63, 3.8) is 0 Å². The van der Waals surface area contributed by atoms with Crippen LogP contribution in [0.1, 0.15) is 51.5 Å². The van der Waals surface area contributed by atoms with Gasteiger partial charge >= 0.3 is 0 Å². The molecule has 1 aromatic carbocycles. The van der Waals surface area contributed by atoms with Crippen LogP contribution in [0.15, 0.2) is 24.3 Å². The molecular weight excluding hydrogens is 210 g/mol. The van der Waals surface area contributed by atoms with Gasteiger partial charge in [-0.25, -0.2) is 0 Å². The Balaban J connectivity index is 2.48. The molecule has 2 atom stereocenters. The van der Waals surface area contributed by atoms with Crippen molar-refractivity contribution in [3.05, 3.63) is 29.8 Å². The maximum absolute atomic E-state index is 5.78. The van der Waals surface area contributed by atoms with Crippen molar-refractivity contribution < 1.29 is 4.74 Å². The molecule has 0 aromatic heterocycles. The quantitative estimate of drug-likeness (QED) is 0.782. The minimum absolute atomic E-state index is 0.296. The van der Waals surface area contributed by atoms with Gasteiger partial charge in [-0.05, 0) is 49.8 Å². The van der Waals surface area contributed by atoms with Crippen molar-refractivity contribution >= 4 is 0 Å². The molecule has 0 aliphatic rings. The molecule has 0 aliphatic heterocycles. The maximum Gasteiger partial charge on any atom is 0.119 e. The third kappa shape index (κ3) is 5.22. The summed E-state index contributed by atoms with van der Waals surface area (Å²) in [7, 11) is 0. The number of nitrogens with two attached hydrogens (primary N) is 1. The predicted molar refractivity (Wildman–Crippen MR) is 73.5 cm³/mol. The van der Waals surface area contributed by atoms with Gasteiger partial charge in [0.15, 0.2) is 0 Å². The Morgan fingerprint density at radius 1 is 1.12 bits per heavy atom. The summed E-state index contributed by atoms with van der Waals surface area (Å²) < 4.78 is 5.57. The number of hydrogen-bond donors (Lipinski definition) is 1. The third-order valence-corrected chi connectivity index (χ3v) is 2.98. The SMILES string of the molecule is CCCOc1ccc(C(C)CCC(C)N)cc1. The Kier molecular flexibility index (Phi) is 6.06. The van der Waals surface area contributed by atoms with Crippen molar-refractivity contribution in [2.45, 2.75) is 52.0 Å². The average molecular weight is 235 g/mol. The van der Waals surface area contributed by atoms with Gasteiger partial charge in [0.1, 0.15) is 5.75 Å². The molecule has 0 saturated carbocycles. The number of hydrogen-bond acceptors (Lipinski definition) is 2. The molecule has 1 aromatic rings. The largest absolute Gasteiger partial charge is 0.494 e. The summed E-state index contributed by atoms with van der Waals surface area (Å²) in [6.07, 6.45) is 3.27. The second-order valence-electron chi connectivity index (χ2n) is 4.87. The number of rotatable bonds is 7. The lowest BCUT2D eigenvalue weighted by molar-refractivity contribution is 0.317. The summed E-state index contributed by atoms with van der Waals surface area (Å²) in [6, 6.07) is 8.75. The second-order valence-corrected chi connectivity index (χ2v) is 4.87. The van der Waals surface area contributed by atoms with Gasteiger partial charge in [0, 0.05) is 6.04 Å². The Bertz CT molecular complexity index is 305. The molecule has 17 heavy (non-hydrogen) atoms. The molecule has 0 fully saturated rings. The van der Waals surface area contributed by atoms with Crippen LogP contribution < -0.4 is 10.5 Å². The predicted octanol–water partition coefficient (Wildman–Crippen LogP) is 3.71. The fraction of sp³-hybridized carbons (Fsp3) is 0.600. The maximum atomic E-state index is 5.78. The van der Waals surface area contributed by atoms with E-state index in [1.165, 1.54) is 5.56 Å². The monoisotopic (exact) mass is 235 g/mol. The molecule has 0 saturated heterocycles. The molecule has 0 bridgehead atoms. The van der Waals surface area contributed by atoms with Crippen LogP contribution in [0.5, 0.6) is 5.75 Å². The van der Waals surface area contributed by atoms with Crippen LogP contribution in [-0.4, -0.2) is 12.6 Å². The van der Waals surface area contributed by atoms with E-state index in [2.05, 4.69) is 45.0 Å². The van der Waals surface area contributed by atoms with Gasteiger partial charge in [-0.3, -0.25) is 0 Å². The zero-order valence-corrected chi connectivity index (χ0v) is 11.3. The summed E-state index contributed by atoms with van der Waals surface area (Å²) in [5.41, 5.74) is 7.15. The summed E-state index contributed by atoms with van der Waals surface area (Å²) in [5.74, 6) is 1.54. The molecule has 2 N–H and O–H groups in total. The van der Waals surface area contributed by atoms with E-state index in [-0.39, 0.29) is 0 Å². The molecule has 2 heteroatoms. The normalized spacial score (nSPS) is 14.4. The first kappa shape index (κ1) is 14.0. The first-order valence-corrected chi connectivity index (χ1v) is 6.61. The van der Waals surface area contributed by atoms with Crippen LogP contribution in [0.3, 0.4) is 0 Å². The molecule has 0 spiro atoms. The Labute approximate surface area is 105 Å². The molecule has 0 amide bonds. The zero-order chi connectivity index (χ0) is 12.7. The summed E-state index contributed by atoms with van der Waals surface area (Å²) in [4.78, 5) is 0. The first-order chi connectivity index (χ1) is 8.13. The minimum atomic E-state index is 0.296. The molecule has 0 heterocycles. The molecular formula is C15H25NO. The van der Waals surface area contributed by atoms with Crippen LogP contribution in [0.25, 0.3) is 0 Å². The lowest BCUT2D eigenvalue weighted by atomic mass is 9.95. The molecule has 2 nitrogen and oxygen atoms in total. The Hall–Kier alpha value is -1.02. The third-order valence-electron chi connectivity index (χ3n) is 2.98. The standard InChI is InChI=1S/C15H25NO/c1-4-11-17-15-9-7-14(8-10-15)12(2)5-6-13(3)16/h7-10,12-13H,4-6,11,16H2,1-3H3. The zero-order valence-electron chi connectivity index (χ0n) is 11.3. The highest BCUT2D eigenvalue weighted by atomic mass is 16.5. The Morgan fingerprint density at radius 2 is 1.76 bits per heavy atom. The highest BCUT2D eigenvalue weighted by Crippen LogP contribution is 2.23. The van der Waals surface area contributed by atoms with Crippen LogP contribution in [0.2, 0.25) is 0 Å². The number of ether oxygens (including phenoxy) is 1. The van der Waals surface area contributed by atoms with Gasteiger partial charge in [-0.15, -0.1) is 0 Å². The topological polar surface area (TPSA) is 35.2 Å². The van der Waals surface area contributed by atoms with Crippen LogP contribution >= 0.6 is 0 Å². The van der Waals surface area contributed by atoms with Crippen molar-refractivity contribution in [3.8, 4) is 5.75 Å². The van der Waals surface area contributed by atoms with Crippen LogP contribution in [0.4, 0.5) is 0 Å². The van der Waals surface area contributed by atoms with E-state index in [0.717, 1.165) is 31.6 Å². The minimum Gasteiger partial charge on any atom is -0.494 e.